The SMILES string of the molecule is O=C(CCOCC(O)c1ccccc1)c1ccccc1. The Balaban J connectivity index is 1.71. The van der Waals surface area contributed by atoms with Crippen molar-refractivity contribution in [2.24, 2.45) is 0 Å². The fourth-order valence-corrected chi connectivity index (χ4v) is 1.90. The average molecular weight is 270 g/mol. The van der Waals surface area contributed by atoms with Crippen LogP contribution in [0.4, 0.5) is 0 Å². The maximum atomic E-state index is 11.8. The molecular formula is C17H18O3. The monoisotopic (exact) mass is 270 g/mol. The van der Waals surface area contributed by atoms with Gasteiger partial charge in [-0.1, -0.05) is 60.7 Å². The normalized spacial score (nSPS) is 12.1. The van der Waals surface area contributed by atoms with E-state index in [0.717, 1.165) is 5.56 Å². The second kappa shape index (κ2) is 7.58. The summed E-state index contributed by atoms with van der Waals surface area (Å²) in [6, 6.07) is 18.5. The van der Waals surface area contributed by atoms with Crippen LogP contribution in [0, 0.1) is 0 Å². The first-order valence-corrected chi connectivity index (χ1v) is 6.66. The Morgan fingerprint density at radius 2 is 1.60 bits per heavy atom. The molecule has 3 heteroatoms. The van der Waals surface area contributed by atoms with Crippen LogP contribution in [0.15, 0.2) is 60.7 Å². The van der Waals surface area contributed by atoms with E-state index >= 15 is 0 Å². The van der Waals surface area contributed by atoms with Gasteiger partial charge in [0.15, 0.2) is 5.78 Å². The van der Waals surface area contributed by atoms with Crippen molar-refractivity contribution in [1.29, 1.82) is 0 Å². The van der Waals surface area contributed by atoms with Gasteiger partial charge in [-0.2, -0.15) is 0 Å². The maximum absolute atomic E-state index is 11.8. The summed E-state index contributed by atoms with van der Waals surface area (Å²) >= 11 is 0. The highest BCUT2D eigenvalue weighted by Gasteiger charge is 2.08. The molecule has 0 fully saturated rings. The summed E-state index contributed by atoms with van der Waals surface area (Å²) in [5, 5.41) is 9.89. The number of hydrogen-bond acceptors (Lipinski definition) is 3. The Hall–Kier alpha value is -1.97. The molecular weight excluding hydrogens is 252 g/mol. The van der Waals surface area contributed by atoms with Crippen LogP contribution < -0.4 is 0 Å². The molecule has 104 valence electrons. The highest BCUT2D eigenvalue weighted by molar-refractivity contribution is 5.96. The van der Waals surface area contributed by atoms with E-state index in [9.17, 15) is 9.90 Å². The molecule has 0 saturated heterocycles. The van der Waals surface area contributed by atoms with Gasteiger partial charge >= 0.3 is 0 Å². The number of Topliss-reactive ketones (excluding diaryl/α,β-unsaturated/α-hetero) is 1. The molecule has 1 unspecified atom stereocenters. The lowest BCUT2D eigenvalue weighted by atomic mass is 10.1. The third-order valence-electron chi connectivity index (χ3n) is 3.03. The van der Waals surface area contributed by atoms with E-state index in [-0.39, 0.29) is 12.4 Å². The zero-order valence-electron chi connectivity index (χ0n) is 11.2. The molecule has 2 aromatic rings. The van der Waals surface area contributed by atoms with Crippen LogP contribution in [0.25, 0.3) is 0 Å². The summed E-state index contributed by atoms with van der Waals surface area (Å²) in [5.74, 6) is 0.0554. The molecule has 0 aromatic heterocycles. The fourth-order valence-electron chi connectivity index (χ4n) is 1.90. The van der Waals surface area contributed by atoms with Crippen LogP contribution in [0.5, 0.6) is 0 Å². The summed E-state index contributed by atoms with van der Waals surface area (Å²) < 4.78 is 5.37. The Kier molecular flexibility index (Phi) is 5.47. The molecule has 0 aliphatic heterocycles. The first kappa shape index (κ1) is 14.4. The van der Waals surface area contributed by atoms with Crippen molar-refractivity contribution in [1.82, 2.24) is 0 Å². The highest BCUT2D eigenvalue weighted by atomic mass is 16.5. The number of rotatable bonds is 7. The zero-order chi connectivity index (χ0) is 14.2. The number of benzene rings is 2. The van der Waals surface area contributed by atoms with Crippen molar-refractivity contribution in [2.45, 2.75) is 12.5 Å². The summed E-state index contributed by atoms with van der Waals surface area (Å²) in [5.41, 5.74) is 1.52. The molecule has 0 radical (unpaired) electrons. The maximum Gasteiger partial charge on any atom is 0.165 e. The van der Waals surface area contributed by atoms with Crippen molar-refractivity contribution in [2.75, 3.05) is 13.2 Å². The Bertz CT molecular complexity index is 522. The standard InChI is InChI=1S/C17H18O3/c18-16(14-7-3-1-4-8-14)11-12-20-13-17(19)15-9-5-2-6-10-15/h1-10,17,19H,11-13H2. The number of ether oxygens (including phenoxy) is 1. The molecule has 1 atom stereocenters. The third-order valence-corrected chi connectivity index (χ3v) is 3.03. The fraction of sp³-hybridized carbons (Fsp3) is 0.235. The van der Waals surface area contributed by atoms with Gasteiger partial charge in [-0.05, 0) is 5.56 Å². The van der Waals surface area contributed by atoms with E-state index in [0.29, 0.717) is 18.6 Å². The Labute approximate surface area is 118 Å². The molecule has 2 aromatic carbocycles. The van der Waals surface area contributed by atoms with E-state index in [1.807, 2.05) is 48.5 Å². The summed E-state index contributed by atoms with van der Waals surface area (Å²) in [6.07, 6.45) is -0.325. The number of aliphatic hydroxyl groups excluding tert-OH is 1. The van der Waals surface area contributed by atoms with Gasteiger partial charge in [0, 0.05) is 12.0 Å². The van der Waals surface area contributed by atoms with Gasteiger partial charge in [0.05, 0.1) is 13.2 Å². The van der Waals surface area contributed by atoms with E-state index in [4.69, 9.17) is 4.74 Å². The first-order chi connectivity index (χ1) is 9.77. The van der Waals surface area contributed by atoms with E-state index in [1.54, 1.807) is 12.1 Å². The average Bonchev–Trinajstić information content (AvgIpc) is 2.53. The molecule has 3 nitrogen and oxygen atoms in total. The molecule has 20 heavy (non-hydrogen) atoms. The largest absolute Gasteiger partial charge is 0.386 e. The van der Waals surface area contributed by atoms with Gasteiger partial charge in [0.2, 0.25) is 0 Å². The number of carbonyl (C=O) groups is 1. The van der Waals surface area contributed by atoms with Crippen LogP contribution in [0.3, 0.4) is 0 Å². The highest BCUT2D eigenvalue weighted by Crippen LogP contribution is 2.12. The second-order valence-corrected chi connectivity index (χ2v) is 4.54. The van der Waals surface area contributed by atoms with Gasteiger partial charge < -0.3 is 9.84 Å². The minimum atomic E-state index is -0.650. The zero-order valence-corrected chi connectivity index (χ0v) is 11.2. The molecule has 0 heterocycles. The third kappa shape index (κ3) is 4.30. The topological polar surface area (TPSA) is 46.5 Å². The van der Waals surface area contributed by atoms with Crippen LogP contribution >= 0.6 is 0 Å². The van der Waals surface area contributed by atoms with E-state index in [1.165, 1.54) is 0 Å². The van der Waals surface area contributed by atoms with Crippen molar-refractivity contribution in [3.05, 3.63) is 71.8 Å². The summed E-state index contributed by atoms with van der Waals surface area (Å²) in [6.45, 7) is 0.518. The van der Waals surface area contributed by atoms with Crippen LogP contribution in [0.1, 0.15) is 28.4 Å². The van der Waals surface area contributed by atoms with Crippen molar-refractivity contribution < 1.29 is 14.6 Å². The number of ketones is 1. The Morgan fingerprint density at radius 3 is 2.25 bits per heavy atom. The number of hydrogen-bond donors (Lipinski definition) is 1. The molecule has 0 bridgehead atoms. The van der Waals surface area contributed by atoms with Crippen LogP contribution in [0.2, 0.25) is 0 Å². The molecule has 2 rings (SSSR count). The van der Waals surface area contributed by atoms with Gasteiger partial charge in [-0.15, -0.1) is 0 Å². The van der Waals surface area contributed by atoms with Crippen molar-refractivity contribution >= 4 is 5.78 Å². The van der Waals surface area contributed by atoms with Gasteiger partial charge in [-0.25, -0.2) is 0 Å². The van der Waals surface area contributed by atoms with Gasteiger partial charge in [0.25, 0.3) is 0 Å². The van der Waals surface area contributed by atoms with Crippen molar-refractivity contribution in [3.63, 3.8) is 0 Å². The predicted molar refractivity (Wildman–Crippen MR) is 77.6 cm³/mol. The lowest BCUT2D eigenvalue weighted by Crippen LogP contribution is -2.10. The lowest BCUT2D eigenvalue weighted by molar-refractivity contribution is 0.0345. The van der Waals surface area contributed by atoms with Crippen molar-refractivity contribution in [3.8, 4) is 0 Å². The second-order valence-electron chi connectivity index (χ2n) is 4.54. The van der Waals surface area contributed by atoms with Gasteiger partial charge in [-0.3, -0.25) is 4.79 Å². The lowest BCUT2D eigenvalue weighted by Gasteiger charge is -2.11. The molecule has 0 spiro atoms. The molecule has 0 aliphatic carbocycles. The molecule has 1 N–H and O–H groups in total. The van der Waals surface area contributed by atoms with Gasteiger partial charge in [0.1, 0.15) is 6.10 Å². The minimum Gasteiger partial charge on any atom is -0.386 e. The summed E-state index contributed by atoms with van der Waals surface area (Å²) in [7, 11) is 0. The van der Waals surface area contributed by atoms with E-state index in [2.05, 4.69) is 0 Å². The molecule has 0 aliphatic rings. The Morgan fingerprint density at radius 1 is 1.00 bits per heavy atom. The van der Waals surface area contributed by atoms with Crippen LogP contribution in [-0.2, 0) is 4.74 Å². The summed E-state index contributed by atoms with van der Waals surface area (Å²) in [4.78, 5) is 11.8. The number of carbonyl (C=O) groups excluding carboxylic acids is 1. The molecule has 0 amide bonds. The molecule has 0 saturated carbocycles. The predicted octanol–water partition coefficient (Wildman–Crippen LogP) is 3.01. The first-order valence-electron chi connectivity index (χ1n) is 6.66. The van der Waals surface area contributed by atoms with E-state index < -0.39 is 6.10 Å². The number of aliphatic hydroxyl groups is 1. The van der Waals surface area contributed by atoms with Crippen LogP contribution in [-0.4, -0.2) is 24.1 Å². The smallest absolute Gasteiger partial charge is 0.165 e. The quantitative estimate of drug-likeness (QED) is 0.621. The minimum absolute atomic E-state index is 0.0554.